The number of furan rings is 1. The number of benzene rings is 2. The van der Waals surface area contributed by atoms with Crippen LogP contribution in [0.25, 0.3) is 11.0 Å². The smallest absolute Gasteiger partial charge is 0.290 e. The van der Waals surface area contributed by atoms with E-state index >= 15 is 0 Å². The molecule has 1 aliphatic rings. The van der Waals surface area contributed by atoms with Crippen molar-refractivity contribution in [3.8, 4) is 0 Å². The summed E-state index contributed by atoms with van der Waals surface area (Å²) in [4.78, 5) is 31.7. The molecule has 0 fully saturated rings. The highest BCUT2D eigenvalue weighted by Gasteiger charge is 2.28. The summed E-state index contributed by atoms with van der Waals surface area (Å²) < 4.78 is 34.3. The molecule has 2 aromatic carbocycles. The van der Waals surface area contributed by atoms with Crippen molar-refractivity contribution in [3.05, 3.63) is 64.9 Å². The normalized spacial score (nSPS) is 15.9. The van der Waals surface area contributed by atoms with E-state index in [9.17, 15) is 18.4 Å². The number of hydrogen-bond donors (Lipinski definition) is 0. The molecule has 0 unspecified atom stereocenters. The van der Waals surface area contributed by atoms with Crippen LogP contribution in [0.3, 0.4) is 0 Å². The summed E-state index contributed by atoms with van der Waals surface area (Å²) in [6.45, 7) is 9.73. The van der Waals surface area contributed by atoms with Crippen LogP contribution in [-0.2, 0) is 11.3 Å². The lowest BCUT2D eigenvalue weighted by molar-refractivity contribution is -0.116. The quantitative estimate of drug-likeness (QED) is 0.507. The third-order valence-corrected chi connectivity index (χ3v) is 6.69. The second-order valence-electron chi connectivity index (χ2n) is 9.33. The van der Waals surface area contributed by atoms with Crippen LogP contribution >= 0.6 is 0 Å². The van der Waals surface area contributed by atoms with E-state index in [1.807, 2.05) is 0 Å². The minimum atomic E-state index is -0.522. The van der Waals surface area contributed by atoms with Gasteiger partial charge in [0.2, 0.25) is 5.91 Å². The molecule has 2 amide bonds. The van der Waals surface area contributed by atoms with Crippen molar-refractivity contribution in [2.45, 2.75) is 46.7 Å². The molecule has 1 aromatic heterocycles. The first-order chi connectivity index (χ1) is 16.7. The fourth-order valence-electron chi connectivity index (χ4n) is 4.69. The molecule has 0 aliphatic carbocycles. The summed E-state index contributed by atoms with van der Waals surface area (Å²) in [5.41, 5.74) is 1.75. The van der Waals surface area contributed by atoms with Gasteiger partial charge in [-0.25, -0.2) is 8.78 Å². The maximum absolute atomic E-state index is 14.3. The molecule has 0 saturated heterocycles. The molecule has 6 nitrogen and oxygen atoms in total. The van der Waals surface area contributed by atoms with E-state index in [0.717, 1.165) is 6.54 Å². The highest BCUT2D eigenvalue weighted by molar-refractivity contribution is 5.99. The maximum Gasteiger partial charge on any atom is 0.290 e. The molecule has 186 valence electrons. The molecule has 0 radical (unpaired) electrons. The van der Waals surface area contributed by atoms with Gasteiger partial charge in [0, 0.05) is 56.6 Å². The Balaban J connectivity index is 1.78. The number of halogens is 2. The van der Waals surface area contributed by atoms with Gasteiger partial charge in [0.25, 0.3) is 5.91 Å². The lowest BCUT2D eigenvalue weighted by Crippen LogP contribution is -2.41. The van der Waals surface area contributed by atoms with E-state index in [1.54, 1.807) is 34.9 Å². The van der Waals surface area contributed by atoms with Crippen molar-refractivity contribution in [1.82, 2.24) is 9.80 Å². The van der Waals surface area contributed by atoms with Crippen molar-refractivity contribution < 1.29 is 22.8 Å². The van der Waals surface area contributed by atoms with Gasteiger partial charge >= 0.3 is 0 Å². The maximum atomic E-state index is 14.3. The van der Waals surface area contributed by atoms with Crippen LogP contribution in [0.2, 0.25) is 0 Å². The van der Waals surface area contributed by atoms with Crippen LogP contribution < -0.4 is 4.90 Å². The molecular weight excluding hydrogens is 452 g/mol. The van der Waals surface area contributed by atoms with Crippen LogP contribution in [-0.4, -0.2) is 53.8 Å². The second-order valence-corrected chi connectivity index (χ2v) is 9.33. The van der Waals surface area contributed by atoms with E-state index in [1.165, 1.54) is 25.1 Å². The van der Waals surface area contributed by atoms with Gasteiger partial charge in [-0.05, 0) is 51.0 Å². The Bertz CT molecular complexity index is 1250. The Kier molecular flexibility index (Phi) is 7.21. The number of hydrogen-bond acceptors (Lipinski definition) is 4. The van der Waals surface area contributed by atoms with Crippen LogP contribution in [0.1, 0.15) is 48.9 Å². The van der Waals surface area contributed by atoms with Gasteiger partial charge in [0.15, 0.2) is 17.2 Å². The zero-order chi connectivity index (χ0) is 25.3. The highest BCUT2D eigenvalue weighted by Crippen LogP contribution is 2.30. The summed E-state index contributed by atoms with van der Waals surface area (Å²) in [6.07, 6.45) is 0.712. The van der Waals surface area contributed by atoms with Crippen molar-refractivity contribution >= 4 is 28.5 Å². The first-order valence-electron chi connectivity index (χ1n) is 11.9. The van der Waals surface area contributed by atoms with Gasteiger partial charge in [0.1, 0.15) is 5.82 Å². The van der Waals surface area contributed by atoms with Crippen LogP contribution in [0.5, 0.6) is 0 Å². The average Bonchev–Trinajstić information content (AvgIpc) is 3.13. The fraction of sp³-hybridized carbons (Fsp3) is 0.407. The molecule has 0 spiro atoms. The second kappa shape index (κ2) is 10.2. The first kappa shape index (κ1) is 24.9. The Labute approximate surface area is 204 Å². The molecule has 3 aromatic rings. The zero-order valence-corrected chi connectivity index (χ0v) is 20.6. The molecule has 0 saturated carbocycles. The molecule has 4 rings (SSSR count). The number of carbonyl (C=O) groups is 2. The predicted octanol–water partition coefficient (Wildman–Crippen LogP) is 5.13. The van der Waals surface area contributed by atoms with Crippen molar-refractivity contribution in [3.63, 3.8) is 0 Å². The number of anilines is 1. The summed E-state index contributed by atoms with van der Waals surface area (Å²) in [5.74, 6) is -1.44. The van der Waals surface area contributed by atoms with Gasteiger partial charge in [0.05, 0.1) is 5.69 Å². The van der Waals surface area contributed by atoms with Crippen LogP contribution in [0, 0.1) is 18.6 Å². The van der Waals surface area contributed by atoms with E-state index in [2.05, 4.69) is 18.7 Å². The summed E-state index contributed by atoms with van der Waals surface area (Å²) in [6, 6.07) is 9.15. The number of para-hydroxylation sites is 1. The summed E-state index contributed by atoms with van der Waals surface area (Å²) in [7, 11) is 0. The lowest BCUT2D eigenvalue weighted by atomic mass is 10.1. The largest absolute Gasteiger partial charge is 0.448 e. The first-order valence-corrected chi connectivity index (χ1v) is 11.9. The Morgan fingerprint density at radius 3 is 2.49 bits per heavy atom. The van der Waals surface area contributed by atoms with Crippen molar-refractivity contribution in [1.29, 1.82) is 0 Å². The Morgan fingerprint density at radius 2 is 1.80 bits per heavy atom. The summed E-state index contributed by atoms with van der Waals surface area (Å²) >= 11 is 0. The molecule has 0 N–H and O–H groups in total. The third-order valence-electron chi connectivity index (χ3n) is 6.69. The van der Waals surface area contributed by atoms with Gasteiger partial charge in [-0.3, -0.25) is 14.5 Å². The van der Waals surface area contributed by atoms with E-state index in [-0.39, 0.29) is 35.7 Å². The number of amides is 2. The SMILES string of the molecule is CC(=O)N1CCCN(C(C)C)CCN(C(=O)c2oc3c(F)cccc3c2C)Cc2ccc(F)cc21. The van der Waals surface area contributed by atoms with Crippen LogP contribution in [0.4, 0.5) is 14.5 Å². The standard InChI is InChI=1S/C27H31F2N3O3/c1-17(2)30-11-6-12-32(19(4)33)24-15-21(28)10-9-20(24)16-31(14-13-30)27(34)25-18(3)22-7-5-8-23(29)26(22)35-25/h5,7-10,15,17H,6,11-14,16H2,1-4H3. The van der Waals surface area contributed by atoms with E-state index < -0.39 is 11.6 Å². The molecule has 2 heterocycles. The van der Waals surface area contributed by atoms with Gasteiger partial charge < -0.3 is 14.2 Å². The van der Waals surface area contributed by atoms with Crippen molar-refractivity contribution in [2.24, 2.45) is 0 Å². The van der Waals surface area contributed by atoms with E-state index in [4.69, 9.17) is 4.42 Å². The molecule has 8 heteroatoms. The van der Waals surface area contributed by atoms with Gasteiger partial charge in [-0.2, -0.15) is 0 Å². The topological polar surface area (TPSA) is 57.0 Å². The lowest BCUT2D eigenvalue weighted by Gasteiger charge is -2.29. The molecule has 1 aliphatic heterocycles. The van der Waals surface area contributed by atoms with Gasteiger partial charge in [-0.15, -0.1) is 0 Å². The predicted molar refractivity (Wildman–Crippen MR) is 131 cm³/mol. The Hall–Kier alpha value is -3.26. The third kappa shape index (κ3) is 5.07. The Morgan fingerprint density at radius 1 is 1.03 bits per heavy atom. The fourth-order valence-corrected chi connectivity index (χ4v) is 4.69. The number of nitrogens with zero attached hydrogens (tertiary/aromatic N) is 3. The highest BCUT2D eigenvalue weighted by atomic mass is 19.1. The van der Waals surface area contributed by atoms with E-state index in [0.29, 0.717) is 48.3 Å². The molecule has 0 bridgehead atoms. The number of fused-ring (bicyclic) bond motifs is 2. The minimum Gasteiger partial charge on any atom is -0.448 e. The monoisotopic (exact) mass is 483 g/mol. The number of carbonyl (C=O) groups excluding carboxylic acids is 2. The van der Waals surface area contributed by atoms with Gasteiger partial charge in [-0.1, -0.05) is 18.2 Å². The average molecular weight is 484 g/mol. The zero-order valence-electron chi connectivity index (χ0n) is 20.6. The molecular formula is C27H31F2N3O3. The molecule has 0 atom stereocenters. The number of rotatable bonds is 2. The summed E-state index contributed by atoms with van der Waals surface area (Å²) in [5, 5.41) is 0.556. The van der Waals surface area contributed by atoms with Crippen LogP contribution in [0.15, 0.2) is 40.8 Å². The van der Waals surface area contributed by atoms with Crippen molar-refractivity contribution in [2.75, 3.05) is 31.1 Å². The number of aryl methyl sites for hydroxylation is 1. The minimum absolute atomic E-state index is 0.0558. The molecule has 35 heavy (non-hydrogen) atoms.